The van der Waals surface area contributed by atoms with E-state index in [1.54, 1.807) is 24.4 Å². The largest absolute Gasteiger partial charge is 0.298 e. The Bertz CT molecular complexity index is 1680. The number of anilines is 1. The summed E-state index contributed by atoms with van der Waals surface area (Å²) in [7, 11) is -3.38. The summed E-state index contributed by atoms with van der Waals surface area (Å²) < 4.78 is 41.3. The lowest BCUT2D eigenvalue weighted by Crippen LogP contribution is -2.32. The van der Waals surface area contributed by atoms with Crippen molar-refractivity contribution in [1.82, 2.24) is 14.1 Å². The highest BCUT2D eigenvalue weighted by atomic mass is 35.5. The molecule has 11 heteroatoms. The van der Waals surface area contributed by atoms with Crippen LogP contribution in [0.2, 0.25) is 5.02 Å². The molecule has 1 amide bonds. The molecule has 2 aromatic heterocycles. The van der Waals surface area contributed by atoms with E-state index in [0.29, 0.717) is 46.0 Å². The highest BCUT2D eigenvalue weighted by Gasteiger charge is 2.28. The number of sulfonamides is 1. The number of benzene rings is 2. The van der Waals surface area contributed by atoms with E-state index in [0.717, 1.165) is 11.8 Å². The van der Waals surface area contributed by atoms with Crippen LogP contribution in [0.15, 0.2) is 65.9 Å². The van der Waals surface area contributed by atoms with Crippen LogP contribution in [-0.4, -0.2) is 35.7 Å². The Hall–Kier alpha value is -3.60. The zero-order valence-electron chi connectivity index (χ0n) is 20.1. The summed E-state index contributed by atoms with van der Waals surface area (Å²) in [6, 6.07) is 15.1. The van der Waals surface area contributed by atoms with Crippen LogP contribution < -0.4 is 9.73 Å². The molecule has 190 valence electrons. The van der Waals surface area contributed by atoms with Gasteiger partial charge in [0.15, 0.2) is 0 Å². The van der Waals surface area contributed by atoms with E-state index < -0.39 is 15.8 Å². The Morgan fingerprint density at radius 1 is 1.11 bits per heavy atom. The van der Waals surface area contributed by atoms with Crippen LogP contribution in [0.5, 0.6) is 0 Å². The van der Waals surface area contributed by atoms with E-state index in [2.05, 4.69) is 4.72 Å². The van der Waals surface area contributed by atoms with Crippen LogP contribution >= 0.6 is 11.6 Å². The van der Waals surface area contributed by atoms with E-state index >= 15 is 0 Å². The molecule has 0 aliphatic carbocycles. The molecule has 0 atom stereocenters. The minimum Gasteiger partial charge on any atom is -0.298 e. The molecule has 2 aromatic carbocycles. The Morgan fingerprint density at radius 2 is 1.89 bits per heavy atom. The molecule has 1 aliphatic rings. The van der Waals surface area contributed by atoms with E-state index in [1.807, 2.05) is 35.6 Å². The third-order valence-electron chi connectivity index (χ3n) is 6.06. The van der Waals surface area contributed by atoms with Crippen molar-refractivity contribution in [2.24, 2.45) is 5.10 Å². The van der Waals surface area contributed by atoms with E-state index in [1.165, 1.54) is 17.1 Å². The predicted octanol–water partition coefficient (Wildman–Crippen LogP) is 4.68. The van der Waals surface area contributed by atoms with Crippen LogP contribution in [0, 0.1) is 12.7 Å². The first-order chi connectivity index (χ1) is 17.6. The zero-order chi connectivity index (χ0) is 26.3. The van der Waals surface area contributed by atoms with Crippen LogP contribution in [0.25, 0.3) is 16.9 Å². The lowest BCUT2D eigenvalue weighted by molar-refractivity contribution is -0.118. The molecule has 1 N–H and O–H groups in total. The van der Waals surface area contributed by atoms with Gasteiger partial charge in [0, 0.05) is 31.1 Å². The first kappa shape index (κ1) is 25.1. The number of imidazole rings is 1. The summed E-state index contributed by atoms with van der Waals surface area (Å²) in [6.07, 6.45) is 3.48. The molecule has 0 spiro atoms. The van der Waals surface area contributed by atoms with Crippen molar-refractivity contribution in [3.63, 3.8) is 0 Å². The van der Waals surface area contributed by atoms with Crippen molar-refractivity contribution >= 4 is 44.6 Å². The minimum atomic E-state index is -3.38. The normalized spacial score (nSPS) is 14.3. The second-order valence-electron chi connectivity index (χ2n) is 8.83. The lowest BCUT2D eigenvalue weighted by atomic mass is 10.0. The van der Waals surface area contributed by atoms with Crippen LogP contribution in [-0.2, 0) is 21.4 Å². The fourth-order valence-electron chi connectivity index (χ4n) is 4.27. The number of nitrogens with one attached hydrogen (secondary N) is 1. The first-order valence-corrected chi connectivity index (χ1v) is 13.7. The summed E-state index contributed by atoms with van der Waals surface area (Å²) in [5.41, 5.74) is 5.06. The molecule has 0 fully saturated rings. The highest BCUT2D eigenvalue weighted by Crippen LogP contribution is 2.34. The number of pyridine rings is 1. The van der Waals surface area contributed by atoms with Gasteiger partial charge in [0.1, 0.15) is 17.2 Å². The van der Waals surface area contributed by atoms with Gasteiger partial charge in [-0.3, -0.25) is 9.20 Å². The van der Waals surface area contributed by atoms with Gasteiger partial charge in [-0.25, -0.2) is 27.5 Å². The average Bonchev–Trinajstić information content (AvgIpc) is 3.21. The maximum absolute atomic E-state index is 13.8. The van der Waals surface area contributed by atoms with Crippen LogP contribution in [0.4, 0.5) is 10.1 Å². The topological polar surface area (TPSA) is 96.1 Å². The van der Waals surface area contributed by atoms with Gasteiger partial charge in [0.2, 0.25) is 15.9 Å². The van der Waals surface area contributed by atoms with Crippen molar-refractivity contribution in [1.29, 1.82) is 0 Å². The van der Waals surface area contributed by atoms with Gasteiger partial charge in [-0.1, -0.05) is 29.8 Å². The maximum Gasteiger partial charge on any atom is 0.247 e. The van der Waals surface area contributed by atoms with E-state index in [9.17, 15) is 17.6 Å². The van der Waals surface area contributed by atoms with Gasteiger partial charge in [0.25, 0.3) is 0 Å². The number of carbonyl (C=O) groups is 1. The third kappa shape index (κ3) is 5.13. The molecule has 3 heterocycles. The van der Waals surface area contributed by atoms with Gasteiger partial charge >= 0.3 is 0 Å². The number of para-hydroxylation sites is 1. The lowest BCUT2D eigenvalue weighted by Gasteiger charge is -2.25. The Morgan fingerprint density at radius 3 is 2.62 bits per heavy atom. The number of hydrogen-bond donors (Lipinski definition) is 1. The smallest absolute Gasteiger partial charge is 0.247 e. The molecule has 0 radical (unpaired) electrons. The predicted molar refractivity (Wildman–Crippen MR) is 142 cm³/mol. The first-order valence-electron chi connectivity index (χ1n) is 11.5. The van der Waals surface area contributed by atoms with Crippen molar-refractivity contribution in [2.75, 3.05) is 11.3 Å². The second-order valence-corrected chi connectivity index (χ2v) is 11.1. The fraction of sp³-hybridized carbons (Fsp3) is 0.192. The summed E-state index contributed by atoms with van der Waals surface area (Å²) in [6.45, 7) is 2.01. The number of amides is 1. The van der Waals surface area contributed by atoms with Gasteiger partial charge in [0.05, 0.1) is 28.4 Å². The number of carbonyl (C=O) groups excluding carboxylic acids is 1. The number of hydrogen-bond acceptors (Lipinski definition) is 5. The summed E-state index contributed by atoms with van der Waals surface area (Å²) in [4.78, 5) is 17.6. The zero-order valence-corrected chi connectivity index (χ0v) is 21.6. The van der Waals surface area contributed by atoms with Crippen molar-refractivity contribution in [3.05, 3.63) is 88.5 Å². The molecule has 4 aromatic rings. The Balaban J connectivity index is 1.69. The average molecular weight is 540 g/mol. The molecule has 0 unspecified atom stereocenters. The molecule has 8 nitrogen and oxygen atoms in total. The summed E-state index contributed by atoms with van der Waals surface area (Å²) >= 11 is 6.43. The molecule has 0 bridgehead atoms. The summed E-state index contributed by atoms with van der Waals surface area (Å²) in [5.74, 6) is -0.595. The monoisotopic (exact) mass is 539 g/mol. The van der Waals surface area contributed by atoms with Crippen molar-refractivity contribution in [2.45, 2.75) is 26.3 Å². The Kier molecular flexibility index (Phi) is 6.57. The maximum atomic E-state index is 13.8. The SMILES string of the molecule is Cc1ccccc1N1N=C(c2c(-c3ccc(F)cc3Cl)nc3cc(CNS(C)(=O)=O)ccn23)CCC1=O. The second kappa shape index (κ2) is 9.70. The molecule has 0 saturated heterocycles. The van der Waals surface area contributed by atoms with E-state index in [4.69, 9.17) is 21.7 Å². The standard InChI is InChI=1S/C26H23ClFN5O3S/c1-16-5-3-4-6-22(16)33-24(34)10-9-21(31-33)26-25(19-8-7-18(28)14-20(19)27)30-23-13-17(11-12-32(23)26)15-29-37(2,35)36/h3-8,11-14,29H,9-10,15H2,1-2H3. The van der Waals surface area contributed by atoms with Gasteiger partial charge in [-0.05, 0) is 54.4 Å². The fourth-order valence-corrected chi connectivity index (χ4v) is 4.95. The van der Waals surface area contributed by atoms with Crippen LogP contribution in [0.1, 0.15) is 29.7 Å². The quantitative estimate of drug-likeness (QED) is 0.385. The Labute approximate surface area is 218 Å². The van der Waals surface area contributed by atoms with Crippen LogP contribution in [0.3, 0.4) is 0 Å². The molecule has 37 heavy (non-hydrogen) atoms. The van der Waals surface area contributed by atoms with Gasteiger partial charge in [-0.15, -0.1) is 0 Å². The molecular formula is C26H23ClFN5O3S. The van der Waals surface area contributed by atoms with Gasteiger partial charge < -0.3 is 0 Å². The number of halogens is 2. The third-order valence-corrected chi connectivity index (χ3v) is 7.05. The van der Waals surface area contributed by atoms with Gasteiger partial charge in [-0.2, -0.15) is 5.10 Å². The molecular weight excluding hydrogens is 517 g/mol. The summed E-state index contributed by atoms with van der Waals surface area (Å²) in [5, 5.41) is 6.34. The molecule has 0 saturated carbocycles. The number of hydrazone groups is 1. The van der Waals surface area contributed by atoms with Crippen molar-refractivity contribution < 1.29 is 17.6 Å². The number of aromatic nitrogens is 2. The highest BCUT2D eigenvalue weighted by molar-refractivity contribution is 7.88. The number of aryl methyl sites for hydroxylation is 1. The van der Waals surface area contributed by atoms with Crippen molar-refractivity contribution in [3.8, 4) is 11.3 Å². The molecule has 5 rings (SSSR count). The minimum absolute atomic E-state index is 0.0979. The number of rotatable bonds is 6. The van der Waals surface area contributed by atoms with E-state index in [-0.39, 0.29) is 23.9 Å². The number of nitrogens with zero attached hydrogens (tertiary/aromatic N) is 4. The number of fused-ring (bicyclic) bond motifs is 1. The molecule has 1 aliphatic heterocycles.